The van der Waals surface area contributed by atoms with E-state index in [0.717, 1.165) is 60.1 Å². The molecule has 2 aliphatic rings. The van der Waals surface area contributed by atoms with Crippen molar-refractivity contribution in [3.05, 3.63) is 119 Å². The third-order valence-electron chi connectivity index (χ3n) is 15.2. The zero-order valence-electron chi connectivity index (χ0n) is 41.7. The van der Waals surface area contributed by atoms with Crippen LogP contribution in [0.5, 0.6) is 0 Å². The zero-order valence-corrected chi connectivity index (χ0v) is 41.7. The van der Waals surface area contributed by atoms with E-state index < -0.39 is 36.6 Å². The van der Waals surface area contributed by atoms with E-state index in [1.54, 1.807) is 0 Å². The number of hydrogen-bond acceptors (Lipinski definition) is 5. The first kappa shape index (κ1) is 47.2. The van der Waals surface area contributed by atoms with Gasteiger partial charge in [-0.05, 0) is 189 Å². The topological polar surface area (TPSA) is 45.1 Å². The van der Waals surface area contributed by atoms with E-state index in [1.807, 2.05) is 0 Å². The van der Waals surface area contributed by atoms with Crippen LogP contribution < -0.4 is 15.8 Å². The summed E-state index contributed by atoms with van der Waals surface area (Å²) in [6, 6.07) is 37.0. The van der Waals surface area contributed by atoms with Crippen molar-refractivity contribution < 1.29 is 18.6 Å². The molecule has 5 aromatic carbocycles. The molecule has 2 fully saturated rings. The van der Waals surface area contributed by atoms with Gasteiger partial charge in [0.25, 0.3) is 0 Å². The molecule has 342 valence electrons. The summed E-state index contributed by atoms with van der Waals surface area (Å²) in [6.45, 7) is 26.1. The van der Waals surface area contributed by atoms with E-state index in [2.05, 4.69) is 190 Å². The van der Waals surface area contributed by atoms with E-state index in [9.17, 15) is 0 Å². The highest BCUT2D eigenvalue weighted by atomic mass is 16.7. The van der Waals surface area contributed by atoms with Gasteiger partial charge in [-0.25, -0.2) is 0 Å². The Kier molecular flexibility index (Phi) is 13.6. The summed E-state index contributed by atoms with van der Waals surface area (Å²) in [7, 11) is -0.871. The lowest BCUT2D eigenvalue weighted by Gasteiger charge is -2.32. The van der Waals surface area contributed by atoms with Crippen molar-refractivity contribution in [3.8, 4) is 5.69 Å². The standard InChI is InChI=1S/C57H74B2N2O4/c1-13-16-18-20-22-42-37-45(29-32-50(42)58-62-54(5,6)55(7,8)63-58)60(46-30-33-51(43(38-46)23-21-19-17-14-2)59-64-56(9,10)57(11,12)65-59)47-31-35-53-49(39-47)48-36-41(15-3)26-34-52(48)61(53)44-27-24-40(4)25-28-44/h24-39H,13-23H2,1-12H3. The maximum atomic E-state index is 6.74. The highest BCUT2D eigenvalue weighted by Gasteiger charge is 2.53. The summed E-state index contributed by atoms with van der Waals surface area (Å²) in [4.78, 5) is 2.48. The molecule has 1 aromatic heterocycles. The van der Waals surface area contributed by atoms with Crippen LogP contribution >= 0.6 is 0 Å². The Bertz CT molecular complexity index is 2500. The molecule has 0 N–H and O–H groups in total. The van der Waals surface area contributed by atoms with E-state index in [-0.39, 0.29) is 0 Å². The number of aromatic nitrogens is 1. The lowest BCUT2D eigenvalue weighted by molar-refractivity contribution is 0.00578. The van der Waals surface area contributed by atoms with Gasteiger partial charge >= 0.3 is 14.2 Å². The first-order valence-electron chi connectivity index (χ1n) is 24.9. The van der Waals surface area contributed by atoms with Crippen LogP contribution in [0.15, 0.2) is 97.1 Å². The molecule has 0 unspecified atom stereocenters. The maximum Gasteiger partial charge on any atom is 0.495 e. The van der Waals surface area contributed by atoms with E-state index >= 15 is 0 Å². The van der Waals surface area contributed by atoms with E-state index in [4.69, 9.17) is 18.6 Å². The van der Waals surface area contributed by atoms with Crippen molar-refractivity contribution in [2.45, 2.75) is 176 Å². The summed E-state index contributed by atoms with van der Waals surface area (Å²) in [5, 5.41) is 2.50. The Balaban J connectivity index is 1.33. The third-order valence-corrected chi connectivity index (χ3v) is 15.2. The van der Waals surface area contributed by atoms with Crippen LogP contribution in [-0.2, 0) is 37.9 Å². The monoisotopic (exact) mass is 873 g/mol. The molecule has 0 saturated carbocycles. The van der Waals surface area contributed by atoms with Gasteiger partial charge in [-0.15, -0.1) is 0 Å². The Morgan fingerprint density at radius 3 is 1.37 bits per heavy atom. The van der Waals surface area contributed by atoms with Gasteiger partial charge in [0.15, 0.2) is 0 Å². The number of rotatable bonds is 17. The molecule has 6 aromatic rings. The average Bonchev–Trinajstić information content (AvgIpc) is 3.80. The van der Waals surface area contributed by atoms with Gasteiger partial charge in [0.05, 0.1) is 33.4 Å². The summed E-state index contributed by atoms with van der Waals surface area (Å²) >= 11 is 0. The number of anilines is 3. The van der Waals surface area contributed by atoms with Crippen LogP contribution in [0.2, 0.25) is 0 Å². The van der Waals surface area contributed by atoms with Gasteiger partial charge < -0.3 is 28.1 Å². The molecule has 0 amide bonds. The van der Waals surface area contributed by atoms with Crippen molar-refractivity contribution >= 4 is 64.0 Å². The summed E-state index contributed by atoms with van der Waals surface area (Å²) in [5.41, 5.74) is 12.6. The van der Waals surface area contributed by atoms with Crippen LogP contribution in [-0.4, -0.2) is 41.2 Å². The number of benzene rings is 5. The van der Waals surface area contributed by atoms with Crippen LogP contribution in [0.3, 0.4) is 0 Å². The lowest BCUT2D eigenvalue weighted by Crippen LogP contribution is -2.41. The Morgan fingerprint density at radius 2 is 0.908 bits per heavy atom. The zero-order chi connectivity index (χ0) is 46.3. The van der Waals surface area contributed by atoms with E-state index in [1.165, 1.54) is 88.3 Å². The first-order chi connectivity index (χ1) is 31.0. The Morgan fingerprint density at radius 1 is 0.477 bits per heavy atom. The smallest absolute Gasteiger partial charge is 0.399 e. The second-order valence-corrected chi connectivity index (χ2v) is 21.0. The first-order valence-corrected chi connectivity index (χ1v) is 24.9. The minimum absolute atomic E-state index is 0.431. The Hall–Kier alpha value is -4.33. The lowest BCUT2D eigenvalue weighted by atomic mass is 9.74. The maximum absolute atomic E-state index is 6.74. The molecule has 2 aliphatic heterocycles. The van der Waals surface area contributed by atoms with Crippen molar-refractivity contribution in [2.24, 2.45) is 0 Å². The van der Waals surface area contributed by atoms with E-state index in [0.29, 0.717) is 0 Å². The summed E-state index contributed by atoms with van der Waals surface area (Å²) in [5.74, 6) is 0. The van der Waals surface area contributed by atoms with Crippen LogP contribution in [0.1, 0.15) is 150 Å². The largest absolute Gasteiger partial charge is 0.495 e. The van der Waals surface area contributed by atoms with Gasteiger partial charge in [0.2, 0.25) is 0 Å². The quantitative estimate of drug-likeness (QED) is 0.0675. The second-order valence-electron chi connectivity index (χ2n) is 21.0. The fraction of sp³-hybridized carbons (Fsp3) is 0.474. The number of nitrogens with zero attached hydrogens (tertiary/aromatic N) is 2. The number of unbranched alkanes of at least 4 members (excludes halogenated alkanes) is 6. The molecule has 0 spiro atoms. The molecular weight excluding hydrogens is 798 g/mol. The molecule has 8 rings (SSSR count). The summed E-state index contributed by atoms with van der Waals surface area (Å²) in [6.07, 6.45) is 12.3. The highest BCUT2D eigenvalue weighted by Crippen LogP contribution is 2.43. The number of aryl methyl sites for hydroxylation is 4. The van der Waals surface area contributed by atoms with Crippen molar-refractivity contribution in [2.75, 3.05) is 4.90 Å². The minimum atomic E-state index is -0.436. The molecular formula is C57H74B2N2O4. The average molecular weight is 873 g/mol. The fourth-order valence-corrected chi connectivity index (χ4v) is 9.62. The molecule has 0 atom stereocenters. The van der Waals surface area contributed by atoms with Crippen molar-refractivity contribution in [3.63, 3.8) is 0 Å². The van der Waals surface area contributed by atoms with Crippen molar-refractivity contribution in [1.29, 1.82) is 0 Å². The van der Waals surface area contributed by atoms with Crippen molar-refractivity contribution in [1.82, 2.24) is 4.57 Å². The SMILES string of the molecule is CCCCCCc1cc(N(c2ccc(B3OC(C)(C)C(C)(C)O3)c(CCCCCC)c2)c2ccc3c(c2)c2cc(CC)ccc2n3-c2ccc(C)cc2)ccc1B1OC(C)(C)C(C)(C)O1. The normalized spacial score (nSPS) is 17.5. The minimum Gasteiger partial charge on any atom is -0.399 e. The molecule has 3 heterocycles. The molecule has 0 bridgehead atoms. The number of fused-ring (bicyclic) bond motifs is 3. The molecule has 8 heteroatoms. The molecule has 2 saturated heterocycles. The summed E-state index contributed by atoms with van der Waals surface area (Å²) < 4.78 is 29.4. The van der Waals surface area contributed by atoms with Gasteiger partial charge in [0.1, 0.15) is 0 Å². The second kappa shape index (κ2) is 18.7. The highest BCUT2D eigenvalue weighted by molar-refractivity contribution is 6.63. The fourth-order valence-electron chi connectivity index (χ4n) is 9.62. The van der Waals surface area contributed by atoms with Gasteiger partial charge in [-0.3, -0.25) is 0 Å². The molecule has 0 aliphatic carbocycles. The van der Waals surface area contributed by atoms with Crippen LogP contribution in [0, 0.1) is 6.92 Å². The van der Waals surface area contributed by atoms with Gasteiger partial charge in [0, 0.05) is 33.5 Å². The predicted octanol–water partition coefficient (Wildman–Crippen LogP) is 14.0. The number of hydrogen-bond donors (Lipinski definition) is 0. The van der Waals surface area contributed by atoms with Gasteiger partial charge in [-0.1, -0.05) is 95.2 Å². The predicted molar refractivity (Wildman–Crippen MR) is 277 cm³/mol. The van der Waals surface area contributed by atoms with Crippen LogP contribution in [0.4, 0.5) is 17.1 Å². The third kappa shape index (κ3) is 9.35. The van der Waals surface area contributed by atoms with Gasteiger partial charge in [-0.2, -0.15) is 0 Å². The van der Waals surface area contributed by atoms with Crippen LogP contribution in [0.25, 0.3) is 27.5 Å². The molecule has 0 radical (unpaired) electrons. The molecule has 6 nitrogen and oxygen atoms in total. The molecule has 65 heavy (non-hydrogen) atoms. The Labute approximate surface area is 391 Å².